The molecule has 0 amide bonds. The number of nitrogens with zero attached hydrogens (tertiary/aromatic N) is 3. The van der Waals surface area contributed by atoms with E-state index in [-0.39, 0.29) is 28.8 Å². The zero-order valence-corrected chi connectivity index (χ0v) is 12.1. The maximum atomic E-state index is 13.5. The maximum absolute atomic E-state index is 13.5. The number of hydrogen-bond acceptors (Lipinski definition) is 3. The van der Waals surface area contributed by atoms with Crippen molar-refractivity contribution in [3.8, 4) is 5.69 Å². The first kappa shape index (κ1) is 15.5. The van der Waals surface area contributed by atoms with E-state index in [9.17, 15) is 18.0 Å². The Morgan fingerprint density at radius 1 is 1.38 bits per heavy atom. The van der Waals surface area contributed by atoms with E-state index in [4.69, 9.17) is 5.73 Å². The fraction of sp³-hybridized carbons (Fsp3) is 0.167. The fourth-order valence-corrected chi connectivity index (χ4v) is 1.87. The number of hydrogen-bond donors (Lipinski definition) is 1. The highest BCUT2D eigenvalue weighted by Gasteiger charge is 2.13. The lowest BCUT2D eigenvalue weighted by Gasteiger charge is -2.04. The van der Waals surface area contributed by atoms with Crippen LogP contribution in [0.5, 0.6) is 0 Å². The molecular weight excluding hydrogens is 353 g/mol. The molecule has 112 valence electrons. The van der Waals surface area contributed by atoms with Gasteiger partial charge in [-0.2, -0.15) is 5.10 Å². The van der Waals surface area contributed by atoms with Crippen LogP contribution in [0.3, 0.4) is 0 Å². The number of aromatic nitrogens is 3. The molecule has 0 atom stereocenters. The number of halogens is 4. The Morgan fingerprint density at radius 2 is 2.00 bits per heavy atom. The molecule has 0 spiro atoms. The Balaban J connectivity index is 2.44. The van der Waals surface area contributed by atoms with Crippen LogP contribution in [0.2, 0.25) is 0 Å². The molecular formula is C12H10BrF3N4O. The lowest BCUT2D eigenvalue weighted by molar-refractivity contribution is 0.569. The molecule has 1 aromatic heterocycles. The van der Waals surface area contributed by atoms with Crippen molar-refractivity contribution < 1.29 is 13.2 Å². The Bertz CT molecular complexity index is 730. The largest absolute Gasteiger partial charge is 0.350 e. The third-order valence-corrected chi connectivity index (χ3v) is 3.51. The van der Waals surface area contributed by atoms with E-state index in [1.54, 1.807) is 0 Å². The topological polar surface area (TPSA) is 65.8 Å². The van der Waals surface area contributed by atoms with E-state index in [0.717, 1.165) is 27.7 Å². The molecule has 0 unspecified atom stereocenters. The molecule has 0 fully saturated rings. The van der Waals surface area contributed by atoms with Gasteiger partial charge in [-0.1, -0.05) is 0 Å². The first-order valence-electron chi connectivity index (χ1n) is 5.75. The summed E-state index contributed by atoms with van der Waals surface area (Å²) in [5, 5.41) is 3.76. The number of rotatable bonds is 4. The van der Waals surface area contributed by atoms with Gasteiger partial charge in [-0.15, -0.1) is 0 Å². The van der Waals surface area contributed by atoms with Gasteiger partial charge >= 0.3 is 5.69 Å². The van der Waals surface area contributed by atoms with Crippen molar-refractivity contribution in [2.24, 2.45) is 5.73 Å². The summed E-state index contributed by atoms with van der Waals surface area (Å²) in [7, 11) is 0. The summed E-state index contributed by atoms with van der Waals surface area (Å²) in [5.41, 5.74) is 4.77. The van der Waals surface area contributed by atoms with Gasteiger partial charge in [0, 0.05) is 6.54 Å². The summed E-state index contributed by atoms with van der Waals surface area (Å²) in [6, 6.07) is 1.96. The summed E-state index contributed by atoms with van der Waals surface area (Å²) < 4.78 is 41.0. The second kappa shape index (κ2) is 6.27. The first-order valence-corrected chi connectivity index (χ1v) is 6.54. The van der Waals surface area contributed by atoms with Gasteiger partial charge < -0.3 is 5.73 Å². The van der Waals surface area contributed by atoms with Crippen LogP contribution in [-0.2, 0) is 6.54 Å². The standard InChI is InChI=1S/C12H10BrF3N4O/c13-11-9(15)1-8(2-10(11)16)19-6-18-20(12(19)21)5-7(3-14)4-17/h1-3,6H,4-5,17H2/b7-3+. The van der Waals surface area contributed by atoms with Crippen molar-refractivity contribution >= 4 is 15.9 Å². The Morgan fingerprint density at radius 3 is 2.52 bits per heavy atom. The van der Waals surface area contributed by atoms with Crippen LogP contribution < -0.4 is 11.4 Å². The van der Waals surface area contributed by atoms with Crippen molar-refractivity contribution in [1.82, 2.24) is 14.3 Å². The van der Waals surface area contributed by atoms with E-state index in [1.165, 1.54) is 0 Å². The molecule has 1 heterocycles. The van der Waals surface area contributed by atoms with Crippen molar-refractivity contribution in [2.75, 3.05) is 6.54 Å². The van der Waals surface area contributed by atoms with E-state index in [1.807, 2.05) is 0 Å². The normalized spacial score (nSPS) is 12.0. The molecule has 2 aromatic rings. The SMILES string of the molecule is NC/C(=C\F)Cn1ncn(-c2cc(F)c(Br)c(F)c2)c1=O. The molecule has 0 radical (unpaired) electrons. The Kier molecular flexibility index (Phi) is 4.63. The number of nitrogens with two attached hydrogens (primary N) is 1. The monoisotopic (exact) mass is 362 g/mol. The third kappa shape index (κ3) is 3.08. The van der Waals surface area contributed by atoms with Crippen LogP contribution in [0.4, 0.5) is 13.2 Å². The minimum absolute atomic E-state index is 0.0250. The summed E-state index contributed by atoms with van der Waals surface area (Å²) in [6.45, 7) is -0.211. The van der Waals surface area contributed by atoms with Gasteiger partial charge in [-0.3, -0.25) is 0 Å². The van der Waals surface area contributed by atoms with Crippen LogP contribution >= 0.6 is 15.9 Å². The van der Waals surface area contributed by atoms with Crippen LogP contribution in [0, 0.1) is 11.6 Å². The van der Waals surface area contributed by atoms with Crippen molar-refractivity contribution in [1.29, 1.82) is 0 Å². The molecule has 0 saturated heterocycles. The van der Waals surface area contributed by atoms with Gasteiger partial charge in [0.2, 0.25) is 0 Å². The van der Waals surface area contributed by atoms with E-state index in [2.05, 4.69) is 21.0 Å². The number of benzene rings is 1. The van der Waals surface area contributed by atoms with Crippen molar-refractivity contribution in [3.63, 3.8) is 0 Å². The molecule has 0 aliphatic heterocycles. The molecule has 21 heavy (non-hydrogen) atoms. The summed E-state index contributed by atoms with van der Waals surface area (Å²) in [4.78, 5) is 12.1. The predicted octanol–water partition coefficient (Wildman–Crippen LogP) is 1.89. The minimum Gasteiger partial charge on any atom is -0.327 e. The van der Waals surface area contributed by atoms with Gasteiger partial charge in [0.25, 0.3) is 0 Å². The molecule has 0 bridgehead atoms. The zero-order chi connectivity index (χ0) is 15.6. The van der Waals surface area contributed by atoms with Crippen molar-refractivity contribution in [3.05, 3.63) is 57.0 Å². The Labute approximate surface area is 125 Å². The molecule has 1 aromatic carbocycles. The van der Waals surface area contributed by atoms with Gasteiger partial charge in [0.05, 0.1) is 23.0 Å². The van der Waals surface area contributed by atoms with Crippen LogP contribution in [0.25, 0.3) is 5.69 Å². The average molecular weight is 363 g/mol. The highest BCUT2D eigenvalue weighted by atomic mass is 79.9. The lowest BCUT2D eigenvalue weighted by Crippen LogP contribution is -2.26. The molecule has 0 saturated carbocycles. The zero-order valence-electron chi connectivity index (χ0n) is 10.6. The highest BCUT2D eigenvalue weighted by molar-refractivity contribution is 9.10. The average Bonchev–Trinajstić information content (AvgIpc) is 2.82. The van der Waals surface area contributed by atoms with Gasteiger partial charge in [-0.05, 0) is 33.6 Å². The molecule has 0 aliphatic carbocycles. The van der Waals surface area contributed by atoms with Gasteiger partial charge in [0.1, 0.15) is 18.0 Å². The molecule has 5 nitrogen and oxygen atoms in total. The first-order chi connectivity index (χ1) is 9.97. The molecule has 9 heteroatoms. The van der Waals surface area contributed by atoms with E-state index in [0.29, 0.717) is 6.33 Å². The lowest BCUT2D eigenvalue weighted by atomic mass is 10.3. The van der Waals surface area contributed by atoms with Gasteiger partial charge in [-0.25, -0.2) is 27.2 Å². The van der Waals surface area contributed by atoms with E-state index >= 15 is 0 Å². The smallest absolute Gasteiger partial charge is 0.327 e. The third-order valence-electron chi connectivity index (χ3n) is 2.75. The van der Waals surface area contributed by atoms with Gasteiger partial charge in [0.15, 0.2) is 0 Å². The summed E-state index contributed by atoms with van der Waals surface area (Å²) >= 11 is 2.74. The van der Waals surface area contributed by atoms with Crippen LogP contribution in [0.1, 0.15) is 0 Å². The van der Waals surface area contributed by atoms with Crippen molar-refractivity contribution in [2.45, 2.75) is 6.54 Å². The second-order valence-corrected chi connectivity index (χ2v) is 4.93. The van der Waals surface area contributed by atoms with Crippen LogP contribution in [0.15, 0.2) is 39.6 Å². The minimum atomic E-state index is -0.851. The molecule has 0 aliphatic rings. The second-order valence-electron chi connectivity index (χ2n) is 4.14. The highest BCUT2D eigenvalue weighted by Crippen LogP contribution is 2.22. The Hall–Kier alpha value is -1.87. The fourth-order valence-electron chi connectivity index (χ4n) is 1.64. The summed E-state index contributed by atoms with van der Waals surface area (Å²) in [5.74, 6) is -1.70. The molecule has 2 N–H and O–H groups in total. The predicted molar refractivity (Wildman–Crippen MR) is 73.7 cm³/mol. The molecule has 2 rings (SSSR count). The van der Waals surface area contributed by atoms with E-state index < -0.39 is 17.3 Å². The quantitative estimate of drug-likeness (QED) is 0.844. The van der Waals surface area contributed by atoms with Crippen LogP contribution in [-0.4, -0.2) is 20.9 Å². The maximum Gasteiger partial charge on any atom is 0.350 e. The summed E-state index contributed by atoms with van der Waals surface area (Å²) in [6.07, 6.45) is 1.39.